The molecule has 0 fully saturated rings. The summed E-state index contributed by atoms with van der Waals surface area (Å²) in [5.74, 6) is 0. The molecule has 0 aromatic carbocycles. The number of hydrogen-bond donors (Lipinski definition) is 1. The van der Waals surface area contributed by atoms with E-state index in [0.717, 1.165) is 10.5 Å². The molecule has 0 spiro atoms. The SMILES string of the molecule is C=C/C=C\C(C)=C(\S)C=C. The minimum atomic E-state index is 0.901. The minimum absolute atomic E-state index is 0.901. The zero-order chi connectivity index (χ0) is 7.98. The van der Waals surface area contributed by atoms with Crippen LogP contribution in [-0.2, 0) is 0 Å². The molecule has 0 saturated heterocycles. The predicted molar refractivity (Wildman–Crippen MR) is 51.2 cm³/mol. The van der Waals surface area contributed by atoms with E-state index in [1.165, 1.54) is 0 Å². The van der Waals surface area contributed by atoms with Gasteiger partial charge in [-0.15, -0.1) is 12.6 Å². The van der Waals surface area contributed by atoms with E-state index in [4.69, 9.17) is 0 Å². The van der Waals surface area contributed by atoms with Crippen LogP contribution in [0.4, 0.5) is 0 Å². The molecule has 0 aromatic rings. The number of rotatable bonds is 3. The smallest absolute Gasteiger partial charge is 0.00633 e. The fourth-order valence-corrected chi connectivity index (χ4v) is 0.533. The molecule has 54 valence electrons. The van der Waals surface area contributed by atoms with Crippen LogP contribution in [0, 0.1) is 0 Å². The number of hydrogen-bond acceptors (Lipinski definition) is 1. The van der Waals surface area contributed by atoms with Gasteiger partial charge in [0.05, 0.1) is 0 Å². The summed E-state index contributed by atoms with van der Waals surface area (Å²) in [6, 6.07) is 0. The lowest BCUT2D eigenvalue weighted by molar-refractivity contribution is 1.51. The van der Waals surface area contributed by atoms with Gasteiger partial charge < -0.3 is 0 Å². The van der Waals surface area contributed by atoms with Crippen LogP contribution in [0.15, 0.2) is 47.9 Å². The monoisotopic (exact) mass is 152 g/mol. The first-order chi connectivity index (χ1) is 4.72. The summed E-state index contributed by atoms with van der Waals surface area (Å²) in [6.07, 6.45) is 7.26. The van der Waals surface area contributed by atoms with Gasteiger partial charge in [0.2, 0.25) is 0 Å². The van der Waals surface area contributed by atoms with Gasteiger partial charge in [0.1, 0.15) is 0 Å². The molecular formula is C9H12S. The summed E-state index contributed by atoms with van der Waals surface area (Å²) in [6.45, 7) is 9.13. The minimum Gasteiger partial charge on any atom is -0.143 e. The van der Waals surface area contributed by atoms with E-state index in [-0.39, 0.29) is 0 Å². The van der Waals surface area contributed by atoms with Crippen LogP contribution in [0.5, 0.6) is 0 Å². The van der Waals surface area contributed by atoms with E-state index in [1.54, 1.807) is 12.2 Å². The summed E-state index contributed by atoms with van der Waals surface area (Å²) >= 11 is 4.17. The Labute approximate surface area is 68.1 Å². The second kappa shape index (κ2) is 5.12. The van der Waals surface area contributed by atoms with Crippen molar-refractivity contribution in [2.45, 2.75) is 6.92 Å². The average molecular weight is 152 g/mol. The molecule has 0 amide bonds. The van der Waals surface area contributed by atoms with Gasteiger partial charge >= 0.3 is 0 Å². The maximum Gasteiger partial charge on any atom is 0.00633 e. The Morgan fingerprint density at radius 1 is 1.40 bits per heavy atom. The third-order valence-corrected chi connectivity index (χ3v) is 1.61. The highest BCUT2D eigenvalue weighted by Gasteiger charge is 1.85. The molecule has 0 nitrogen and oxygen atoms in total. The lowest BCUT2D eigenvalue weighted by Crippen LogP contribution is -1.70. The van der Waals surface area contributed by atoms with Crippen molar-refractivity contribution < 1.29 is 0 Å². The van der Waals surface area contributed by atoms with E-state index in [2.05, 4.69) is 25.8 Å². The van der Waals surface area contributed by atoms with Gasteiger partial charge in [-0.2, -0.15) is 0 Å². The molecular weight excluding hydrogens is 140 g/mol. The Kier molecular flexibility index (Phi) is 4.77. The van der Waals surface area contributed by atoms with Crippen molar-refractivity contribution in [3.05, 3.63) is 47.9 Å². The van der Waals surface area contributed by atoms with Gasteiger partial charge in [-0.1, -0.05) is 37.5 Å². The highest BCUT2D eigenvalue weighted by molar-refractivity contribution is 7.84. The normalized spacial score (nSPS) is 13.0. The summed E-state index contributed by atoms with van der Waals surface area (Å²) in [5.41, 5.74) is 1.10. The van der Waals surface area contributed by atoms with E-state index in [1.807, 2.05) is 19.1 Å². The first-order valence-electron chi connectivity index (χ1n) is 3.03. The largest absolute Gasteiger partial charge is 0.143 e. The molecule has 0 heterocycles. The first-order valence-corrected chi connectivity index (χ1v) is 3.48. The topological polar surface area (TPSA) is 0 Å². The summed E-state index contributed by atoms with van der Waals surface area (Å²) in [7, 11) is 0. The van der Waals surface area contributed by atoms with Crippen molar-refractivity contribution in [1.82, 2.24) is 0 Å². The molecule has 0 atom stereocenters. The Balaban J connectivity index is 4.31. The standard InChI is InChI=1S/C9H12S/c1-4-6-7-8(3)9(10)5-2/h4-7,10H,1-2H2,3H3/b7-6-,9-8+. The molecule has 0 aliphatic carbocycles. The fourth-order valence-electron chi connectivity index (χ4n) is 0.459. The highest BCUT2D eigenvalue weighted by atomic mass is 32.1. The molecule has 0 aliphatic heterocycles. The predicted octanol–water partition coefficient (Wildman–Crippen LogP) is 3.12. The third kappa shape index (κ3) is 3.36. The molecule has 0 saturated carbocycles. The Hall–Kier alpha value is -0.690. The van der Waals surface area contributed by atoms with Gasteiger partial charge in [0, 0.05) is 4.91 Å². The summed E-state index contributed by atoms with van der Waals surface area (Å²) in [4.78, 5) is 0.901. The zero-order valence-electron chi connectivity index (χ0n) is 6.17. The van der Waals surface area contributed by atoms with Crippen LogP contribution in [0.25, 0.3) is 0 Å². The van der Waals surface area contributed by atoms with Crippen LogP contribution >= 0.6 is 12.6 Å². The van der Waals surface area contributed by atoms with E-state index in [0.29, 0.717) is 0 Å². The van der Waals surface area contributed by atoms with E-state index < -0.39 is 0 Å². The van der Waals surface area contributed by atoms with Gasteiger partial charge in [-0.3, -0.25) is 0 Å². The second-order valence-electron chi connectivity index (χ2n) is 1.87. The highest BCUT2D eigenvalue weighted by Crippen LogP contribution is 2.09. The first kappa shape index (κ1) is 9.31. The van der Waals surface area contributed by atoms with Crippen molar-refractivity contribution in [3.8, 4) is 0 Å². The molecule has 10 heavy (non-hydrogen) atoms. The van der Waals surface area contributed by atoms with Gasteiger partial charge in [0.25, 0.3) is 0 Å². The van der Waals surface area contributed by atoms with Gasteiger partial charge in [-0.05, 0) is 12.5 Å². The maximum atomic E-state index is 4.17. The van der Waals surface area contributed by atoms with Crippen molar-refractivity contribution in [2.24, 2.45) is 0 Å². The van der Waals surface area contributed by atoms with E-state index in [9.17, 15) is 0 Å². The molecule has 1 heteroatoms. The van der Waals surface area contributed by atoms with Crippen LogP contribution in [-0.4, -0.2) is 0 Å². The van der Waals surface area contributed by atoms with Crippen molar-refractivity contribution in [2.75, 3.05) is 0 Å². The van der Waals surface area contributed by atoms with Crippen LogP contribution in [0.1, 0.15) is 6.92 Å². The average Bonchev–Trinajstić information content (AvgIpc) is 1.98. The molecule has 0 rings (SSSR count). The van der Waals surface area contributed by atoms with E-state index >= 15 is 0 Å². The lowest BCUT2D eigenvalue weighted by atomic mass is 10.2. The number of thiol groups is 1. The third-order valence-electron chi connectivity index (χ3n) is 1.08. The van der Waals surface area contributed by atoms with Crippen molar-refractivity contribution in [1.29, 1.82) is 0 Å². The molecule has 0 aliphatic rings. The summed E-state index contributed by atoms with van der Waals surface area (Å²) in [5, 5.41) is 0. The molecule has 0 N–H and O–H groups in total. The lowest BCUT2D eigenvalue weighted by Gasteiger charge is -1.92. The molecule has 0 radical (unpaired) electrons. The van der Waals surface area contributed by atoms with Crippen LogP contribution in [0.2, 0.25) is 0 Å². The number of allylic oxidation sites excluding steroid dienone is 5. The van der Waals surface area contributed by atoms with Gasteiger partial charge in [-0.25, -0.2) is 0 Å². The zero-order valence-corrected chi connectivity index (χ0v) is 7.07. The Bertz CT molecular complexity index is 185. The molecule has 0 unspecified atom stereocenters. The van der Waals surface area contributed by atoms with Crippen LogP contribution < -0.4 is 0 Å². The summed E-state index contributed by atoms with van der Waals surface area (Å²) < 4.78 is 0. The molecule has 0 aromatic heterocycles. The Morgan fingerprint density at radius 2 is 2.00 bits per heavy atom. The van der Waals surface area contributed by atoms with Crippen molar-refractivity contribution >= 4 is 12.6 Å². The Morgan fingerprint density at radius 3 is 2.40 bits per heavy atom. The second-order valence-corrected chi connectivity index (χ2v) is 2.35. The fraction of sp³-hybridized carbons (Fsp3) is 0.111. The molecule has 0 bridgehead atoms. The quantitative estimate of drug-likeness (QED) is 0.466. The van der Waals surface area contributed by atoms with Gasteiger partial charge in [0.15, 0.2) is 0 Å². The maximum absolute atomic E-state index is 4.17. The van der Waals surface area contributed by atoms with Crippen LogP contribution in [0.3, 0.4) is 0 Å². The van der Waals surface area contributed by atoms with Crippen molar-refractivity contribution in [3.63, 3.8) is 0 Å².